The summed E-state index contributed by atoms with van der Waals surface area (Å²) in [6.45, 7) is 0. The zero-order chi connectivity index (χ0) is 15.1. The Kier molecular flexibility index (Phi) is 4.38. The number of anilines is 1. The molecular formula is C9H6Br2ClFN4O2S. The van der Waals surface area contributed by atoms with E-state index in [1.165, 1.54) is 7.05 Å². The molecule has 0 saturated carbocycles. The summed E-state index contributed by atoms with van der Waals surface area (Å²) in [5.74, 6) is -0.590. The number of halogens is 4. The highest BCUT2D eigenvalue weighted by molar-refractivity contribution is 9.10. The SMILES string of the molecule is Cn1nnc(Br)c1S(=O)(=O)Nc1c(Cl)cc(F)cc1Br. The van der Waals surface area contributed by atoms with Gasteiger partial charge in [-0.15, -0.1) is 5.10 Å². The number of sulfonamides is 1. The van der Waals surface area contributed by atoms with Gasteiger partial charge in [0.25, 0.3) is 10.0 Å². The topological polar surface area (TPSA) is 76.9 Å². The van der Waals surface area contributed by atoms with Crippen LogP contribution in [0.2, 0.25) is 5.02 Å². The van der Waals surface area contributed by atoms with Crippen molar-refractivity contribution in [1.29, 1.82) is 0 Å². The molecule has 0 bridgehead atoms. The Morgan fingerprint density at radius 3 is 2.55 bits per heavy atom. The van der Waals surface area contributed by atoms with Crippen molar-refractivity contribution >= 4 is 59.2 Å². The van der Waals surface area contributed by atoms with Crippen LogP contribution in [-0.4, -0.2) is 23.4 Å². The third kappa shape index (κ3) is 2.97. The molecule has 0 amide bonds. The lowest BCUT2D eigenvalue weighted by Crippen LogP contribution is -2.17. The summed E-state index contributed by atoms with van der Waals surface area (Å²) in [5, 5.41) is 6.91. The van der Waals surface area contributed by atoms with Crippen molar-refractivity contribution < 1.29 is 12.8 Å². The van der Waals surface area contributed by atoms with E-state index in [-0.39, 0.29) is 24.8 Å². The van der Waals surface area contributed by atoms with E-state index in [1.807, 2.05) is 0 Å². The van der Waals surface area contributed by atoms with Gasteiger partial charge in [-0.2, -0.15) is 8.42 Å². The van der Waals surface area contributed by atoms with Crippen LogP contribution in [0.25, 0.3) is 0 Å². The Balaban J connectivity index is 2.50. The minimum atomic E-state index is -3.98. The van der Waals surface area contributed by atoms with Crippen LogP contribution < -0.4 is 4.72 Å². The van der Waals surface area contributed by atoms with Crippen LogP contribution in [0.3, 0.4) is 0 Å². The number of aromatic nitrogens is 3. The fourth-order valence-electron chi connectivity index (χ4n) is 1.43. The fourth-order valence-corrected chi connectivity index (χ4v) is 4.72. The van der Waals surface area contributed by atoms with Gasteiger partial charge in [0.1, 0.15) is 5.82 Å². The highest BCUT2D eigenvalue weighted by atomic mass is 79.9. The van der Waals surface area contributed by atoms with Crippen molar-refractivity contribution in [2.75, 3.05) is 4.72 Å². The van der Waals surface area contributed by atoms with Gasteiger partial charge in [-0.1, -0.05) is 16.8 Å². The lowest BCUT2D eigenvalue weighted by atomic mass is 10.3. The molecule has 2 aromatic rings. The van der Waals surface area contributed by atoms with Gasteiger partial charge < -0.3 is 0 Å². The summed E-state index contributed by atoms with van der Waals surface area (Å²) >= 11 is 11.9. The first-order valence-corrected chi connectivity index (χ1v) is 8.39. The number of nitrogens with zero attached hydrogens (tertiary/aromatic N) is 3. The quantitative estimate of drug-likeness (QED) is 0.783. The molecule has 0 spiro atoms. The summed E-state index contributed by atoms with van der Waals surface area (Å²) in [7, 11) is -2.56. The molecule has 1 heterocycles. The molecule has 0 fully saturated rings. The normalized spacial score (nSPS) is 11.7. The molecule has 2 rings (SSSR count). The van der Waals surface area contributed by atoms with Crippen LogP contribution in [0.5, 0.6) is 0 Å². The molecule has 6 nitrogen and oxygen atoms in total. The summed E-state index contributed by atoms with van der Waals surface area (Å²) in [4.78, 5) is 0. The standard InChI is InChI=1S/C9H6Br2ClFN4O2S/c1-17-9(8(11)14-16-17)20(18,19)15-7-5(10)2-4(13)3-6(7)12/h2-3,15H,1H3. The van der Waals surface area contributed by atoms with E-state index in [9.17, 15) is 12.8 Å². The van der Waals surface area contributed by atoms with E-state index >= 15 is 0 Å². The highest BCUT2D eigenvalue weighted by Gasteiger charge is 2.25. The molecular weight excluding hydrogens is 442 g/mol. The maximum absolute atomic E-state index is 13.1. The van der Waals surface area contributed by atoms with Gasteiger partial charge in [0, 0.05) is 11.5 Å². The molecule has 0 aliphatic rings. The van der Waals surface area contributed by atoms with E-state index in [0.717, 1.165) is 16.8 Å². The third-order valence-corrected chi connectivity index (χ3v) is 5.39. The molecule has 0 aliphatic heterocycles. The molecule has 0 aliphatic carbocycles. The Hall–Kier alpha value is -0.710. The first-order valence-electron chi connectivity index (χ1n) is 4.95. The monoisotopic (exact) mass is 446 g/mol. The molecule has 20 heavy (non-hydrogen) atoms. The molecule has 0 atom stereocenters. The van der Waals surface area contributed by atoms with E-state index in [0.29, 0.717) is 0 Å². The Labute approximate surface area is 135 Å². The molecule has 1 aromatic heterocycles. The first kappa shape index (κ1) is 15.7. The lowest BCUT2D eigenvalue weighted by molar-refractivity contribution is 0.578. The Morgan fingerprint density at radius 2 is 2.05 bits per heavy atom. The van der Waals surface area contributed by atoms with E-state index in [2.05, 4.69) is 46.9 Å². The third-order valence-electron chi connectivity index (χ3n) is 2.23. The second-order valence-corrected chi connectivity index (χ2v) is 7.27. The van der Waals surface area contributed by atoms with Crippen molar-refractivity contribution in [1.82, 2.24) is 15.0 Å². The second-order valence-electron chi connectivity index (χ2n) is 3.66. The van der Waals surface area contributed by atoms with Crippen molar-refractivity contribution in [3.05, 3.63) is 32.0 Å². The van der Waals surface area contributed by atoms with Crippen LogP contribution >= 0.6 is 43.5 Å². The zero-order valence-corrected chi connectivity index (χ0v) is 14.5. The van der Waals surface area contributed by atoms with Gasteiger partial charge in [0.15, 0.2) is 4.60 Å². The molecule has 1 aromatic carbocycles. The van der Waals surface area contributed by atoms with Crippen LogP contribution in [-0.2, 0) is 17.1 Å². The number of nitrogens with one attached hydrogen (secondary N) is 1. The van der Waals surface area contributed by atoms with Crippen LogP contribution in [0, 0.1) is 5.82 Å². The highest BCUT2D eigenvalue weighted by Crippen LogP contribution is 2.34. The van der Waals surface area contributed by atoms with Crippen molar-refractivity contribution in [3.63, 3.8) is 0 Å². The minimum absolute atomic E-state index is 0.0289. The van der Waals surface area contributed by atoms with Gasteiger partial charge in [0.05, 0.1) is 10.7 Å². The zero-order valence-electron chi connectivity index (χ0n) is 9.73. The smallest absolute Gasteiger partial charge is 0.276 e. The van der Waals surface area contributed by atoms with Crippen LogP contribution in [0.1, 0.15) is 0 Å². The number of benzene rings is 1. The average molecular weight is 448 g/mol. The molecule has 1 N–H and O–H groups in total. The number of aryl methyl sites for hydroxylation is 1. The Morgan fingerprint density at radius 1 is 1.40 bits per heavy atom. The van der Waals surface area contributed by atoms with Crippen molar-refractivity contribution in [3.8, 4) is 0 Å². The average Bonchev–Trinajstić information content (AvgIpc) is 2.64. The largest absolute Gasteiger partial charge is 0.282 e. The number of hydrogen-bond acceptors (Lipinski definition) is 4. The van der Waals surface area contributed by atoms with Gasteiger partial charge in [-0.25, -0.2) is 9.07 Å². The lowest BCUT2D eigenvalue weighted by Gasteiger charge is -2.11. The predicted molar refractivity (Wildman–Crippen MR) is 78.6 cm³/mol. The maximum atomic E-state index is 13.1. The van der Waals surface area contributed by atoms with Crippen molar-refractivity contribution in [2.45, 2.75) is 5.03 Å². The summed E-state index contributed by atoms with van der Waals surface area (Å²) < 4.78 is 41.3. The van der Waals surface area contributed by atoms with E-state index in [4.69, 9.17) is 11.6 Å². The molecule has 0 saturated heterocycles. The predicted octanol–water partition coefficient (Wildman–Crippen LogP) is 2.93. The molecule has 0 unspecified atom stereocenters. The molecule has 11 heteroatoms. The van der Waals surface area contributed by atoms with E-state index in [1.54, 1.807) is 0 Å². The number of rotatable bonds is 3. The molecule has 0 radical (unpaired) electrons. The minimum Gasteiger partial charge on any atom is -0.276 e. The maximum Gasteiger partial charge on any atom is 0.282 e. The van der Waals surface area contributed by atoms with E-state index < -0.39 is 15.8 Å². The summed E-state index contributed by atoms with van der Waals surface area (Å²) in [6, 6.07) is 2.10. The fraction of sp³-hybridized carbons (Fsp3) is 0.111. The summed E-state index contributed by atoms with van der Waals surface area (Å²) in [6.07, 6.45) is 0. The first-order chi connectivity index (χ1) is 9.22. The Bertz CT molecular complexity index is 738. The molecule has 108 valence electrons. The van der Waals surface area contributed by atoms with Gasteiger partial charge in [-0.3, -0.25) is 4.72 Å². The second kappa shape index (κ2) is 5.58. The van der Waals surface area contributed by atoms with Crippen LogP contribution in [0.4, 0.5) is 10.1 Å². The van der Waals surface area contributed by atoms with Gasteiger partial charge >= 0.3 is 0 Å². The van der Waals surface area contributed by atoms with Crippen molar-refractivity contribution in [2.24, 2.45) is 7.05 Å². The summed E-state index contributed by atoms with van der Waals surface area (Å²) in [5.41, 5.74) is 0.0289. The number of hydrogen-bond donors (Lipinski definition) is 1. The van der Waals surface area contributed by atoms with Gasteiger partial charge in [-0.05, 0) is 44.0 Å². The van der Waals surface area contributed by atoms with Gasteiger partial charge in [0.2, 0.25) is 5.03 Å². The van der Waals surface area contributed by atoms with Crippen LogP contribution in [0.15, 0.2) is 26.2 Å².